The molecule has 1 N–H and O–H groups in total. The molecule has 1 aromatic heterocycles. The van der Waals surface area contributed by atoms with Crippen molar-refractivity contribution in [3.63, 3.8) is 0 Å². The molecule has 2 aromatic rings. The summed E-state index contributed by atoms with van der Waals surface area (Å²) in [4.78, 5) is 0. The fraction of sp³-hybridized carbons (Fsp3) is 0.273. The molecule has 16 heavy (non-hydrogen) atoms. The Balaban J connectivity index is 2.04. The number of aromatic nitrogens is 2. The molecule has 0 aliphatic heterocycles. The summed E-state index contributed by atoms with van der Waals surface area (Å²) in [6.45, 7) is 4.48. The van der Waals surface area contributed by atoms with Gasteiger partial charge >= 0.3 is 6.01 Å². The number of rotatable bonds is 3. The van der Waals surface area contributed by atoms with Crippen molar-refractivity contribution < 1.29 is 4.42 Å². The second-order valence-corrected chi connectivity index (χ2v) is 4.43. The summed E-state index contributed by atoms with van der Waals surface area (Å²) in [5, 5.41) is 10.7. The number of nitrogens with zero attached hydrogens (tertiary/aromatic N) is 2. The van der Waals surface area contributed by atoms with Crippen LogP contribution in [0.25, 0.3) is 0 Å². The number of hydrogen-bond donors (Lipinski definition) is 1. The summed E-state index contributed by atoms with van der Waals surface area (Å²) in [5.74, 6) is 0.561. The minimum absolute atomic E-state index is 0.449. The zero-order valence-electron chi connectivity index (χ0n) is 9.12. The van der Waals surface area contributed by atoms with Crippen LogP contribution in [0.5, 0.6) is 0 Å². The van der Waals surface area contributed by atoms with E-state index in [1.54, 1.807) is 6.92 Å². The van der Waals surface area contributed by atoms with E-state index in [2.05, 4.69) is 56.6 Å². The number of nitrogens with one attached hydrogen (secondary N) is 1. The molecule has 0 bridgehead atoms. The number of benzene rings is 1. The maximum absolute atomic E-state index is 5.22. The van der Waals surface area contributed by atoms with E-state index in [0.717, 1.165) is 10.0 Å². The number of hydrogen-bond acceptors (Lipinski definition) is 4. The number of aryl methyl sites for hydroxylation is 2. The molecule has 0 atom stereocenters. The van der Waals surface area contributed by atoms with Gasteiger partial charge in [0.25, 0.3) is 0 Å². The van der Waals surface area contributed by atoms with E-state index in [-0.39, 0.29) is 0 Å². The molecule has 0 aliphatic rings. The van der Waals surface area contributed by atoms with Crippen LogP contribution in [0.15, 0.2) is 27.1 Å². The first-order valence-corrected chi connectivity index (χ1v) is 5.73. The molecule has 0 fully saturated rings. The zero-order chi connectivity index (χ0) is 11.5. The van der Waals surface area contributed by atoms with Crippen molar-refractivity contribution >= 4 is 21.9 Å². The molecule has 0 spiro atoms. The Hall–Kier alpha value is -1.36. The molecule has 0 aliphatic carbocycles. The van der Waals surface area contributed by atoms with E-state index in [4.69, 9.17) is 4.42 Å². The third-order valence-electron chi connectivity index (χ3n) is 2.16. The third-order valence-corrected chi connectivity index (χ3v) is 2.90. The predicted molar refractivity (Wildman–Crippen MR) is 65.2 cm³/mol. The van der Waals surface area contributed by atoms with E-state index in [1.165, 1.54) is 5.56 Å². The fourth-order valence-corrected chi connectivity index (χ4v) is 1.97. The quantitative estimate of drug-likeness (QED) is 0.940. The first kappa shape index (κ1) is 11.1. The predicted octanol–water partition coefficient (Wildman–Crippen LogP) is 3.06. The SMILES string of the molecule is Cc1ccc(CNc2nnc(C)o2)c(Br)c1. The largest absolute Gasteiger partial charge is 0.408 e. The minimum atomic E-state index is 0.449. The van der Waals surface area contributed by atoms with Crippen molar-refractivity contribution in [2.24, 2.45) is 0 Å². The third kappa shape index (κ3) is 2.61. The summed E-state index contributed by atoms with van der Waals surface area (Å²) >= 11 is 3.52. The fourth-order valence-electron chi connectivity index (χ4n) is 1.33. The summed E-state index contributed by atoms with van der Waals surface area (Å²) < 4.78 is 6.30. The lowest BCUT2D eigenvalue weighted by molar-refractivity contribution is 0.530. The Bertz CT molecular complexity index is 496. The molecular formula is C11H12BrN3O. The van der Waals surface area contributed by atoms with Gasteiger partial charge in [-0.15, -0.1) is 5.10 Å². The average Bonchev–Trinajstić information content (AvgIpc) is 2.63. The lowest BCUT2D eigenvalue weighted by Crippen LogP contribution is -2.00. The van der Waals surface area contributed by atoms with E-state index in [0.29, 0.717) is 18.5 Å². The minimum Gasteiger partial charge on any atom is -0.408 e. The Labute approximate surface area is 102 Å². The lowest BCUT2D eigenvalue weighted by atomic mass is 10.1. The standard InChI is InChI=1S/C11H12BrN3O/c1-7-3-4-9(10(12)5-7)6-13-11-15-14-8(2)16-11/h3-5H,6H2,1-2H3,(H,13,15). The smallest absolute Gasteiger partial charge is 0.315 e. The van der Waals surface area contributed by atoms with Gasteiger partial charge in [-0.25, -0.2) is 0 Å². The van der Waals surface area contributed by atoms with E-state index in [1.807, 2.05) is 0 Å². The summed E-state index contributed by atoms with van der Waals surface area (Å²) in [6.07, 6.45) is 0. The van der Waals surface area contributed by atoms with Crippen LogP contribution in [0.1, 0.15) is 17.0 Å². The molecule has 0 saturated heterocycles. The Morgan fingerprint density at radius 2 is 2.12 bits per heavy atom. The average molecular weight is 282 g/mol. The second-order valence-electron chi connectivity index (χ2n) is 3.57. The number of anilines is 1. The topological polar surface area (TPSA) is 51.0 Å². The first-order valence-electron chi connectivity index (χ1n) is 4.94. The van der Waals surface area contributed by atoms with Gasteiger partial charge in [-0.2, -0.15) is 0 Å². The van der Waals surface area contributed by atoms with Crippen LogP contribution < -0.4 is 5.32 Å². The molecule has 5 heteroatoms. The molecule has 0 amide bonds. The van der Waals surface area contributed by atoms with Crippen LogP contribution in [0.3, 0.4) is 0 Å². The van der Waals surface area contributed by atoms with Crippen LogP contribution in [-0.2, 0) is 6.54 Å². The summed E-state index contributed by atoms with van der Waals surface area (Å²) in [5.41, 5.74) is 2.38. The molecule has 1 heterocycles. The van der Waals surface area contributed by atoms with Crippen LogP contribution >= 0.6 is 15.9 Å². The van der Waals surface area contributed by atoms with Crippen molar-refractivity contribution in [3.8, 4) is 0 Å². The summed E-state index contributed by atoms with van der Waals surface area (Å²) in [7, 11) is 0. The molecule has 1 aromatic carbocycles. The van der Waals surface area contributed by atoms with Crippen molar-refractivity contribution in [1.29, 1.82) is 0 Å². The monoisotopic (exact) mass is 281 g/mol. The van der Waals surface area contributed by atoms with E-state index >= 15 is 0 Å². The maximum Gasteiger partial charge on any atom is 0.315 e. The highest BCUT2D eigenvalue weighted by atomic mass is 79.9. The highest BCUT2D eigenvalue weighted by Gasteiger charge is 2.03. The maximum atomic E-state index is 5.22. The van der Waals surface area contributed by atoms with Gasteiger partial charge in [0.05, 0.1) is 0 Å². The van der Waals surface area contributed by atoms with Gasteiger partial charge in [-0.1, -0.05) is 33.2 Å². The van der Waals surface area contributed by atoms with Crippen molar-refractivity contribution in [1.82, 2.24) is 10.2 Å². The first-order chi connectivity index (χ1) is 7.65. The van der Waals surface area contributed by atoms with Gasteiger partial charge in [0.2, 0.25) is 5.89 Å². The van der Waals surface area contributed by atoms with Gasteiger partial charge in [0.15, 0.2) is 0 Å². The Morgan fingerprint density at radius 3 is 2.75 bits per heavy atom. The highest BCUT2D eigenvalue weighted by Crippen LogP contribution is 2.19. The normalized spacial score (nSPS) is 10.4. The molecule has 0 unspecified atom stereocenters. The molecular weight excluding hydrogens is 270 g/mol. The van der Waals surface area contributed by atoms with Crippen LogP contribution in [0.4, 0.5) is 6.01 Å². The lowest BCUT2D eigenvalue weighted by Gasteiger charge is -2.05. The molecule has 0 radical (unpaired) electrons. The van der Waals surface area contributed by atoms with Crippen molar-refractivity contribution in [2.45, 2.75) is 20.4 Å². The molecule has 0 saturated carbocycles. The van der Waals surface area contributed by atoms with Crippen LogP contribution in [0, 0.1) is 13.8 Å². The van der Waals surface area contributed by atoms with Gasteiger partial charge in [0, 0.05) is 17.9 Å². The van der Waals surface area contributed by atoms with Crippen LogP contribution in [-0.4, -0.2) is 10.2 Å². The van der Waals surface area contributed by atoms with Gasteiger partial charge in [-0.3, -0.25) is 0 Å². The van der Waals surface area contributed by atoms with Gasteiger partial charge in [-0.05, 0) is 24.1 Å². The number of halogens is 1. The molecule has 4 nitrogen and oxygen atoms in total. The zero-order valence-corrected chi connectivity index (χ0v) is 10.7. The highest BCUT2D eigenvalue weighted by molar-refractivity contribution is 9.10. The Morgan fingerprint density at radius 1 is 1.31 bits per heavy atom. The second kappa shape index (κ2) is 4.65. The summed E-state index contributed by atoms with van der Waals surface area (Å²) in [6, 6.07) is 6.66. The van der Waals surface area contributed by atoms with Gasteiger partial charge in [0.1, 0.15) is 0 Å². The van der Waals surface area contributed by atoms with E-state index < -0.39 is 0 Å². The van der Waals surface area contributed by atoms with Crippen LogP contribution in [0.2, 0.25) is 0 Å². The van der Waals surface area contributed by atoms with Gasteiger partial charge < -0.3 is 9.73 Å². The molecule has 84 valence electrons. The Kier molecular flexibility index (Phi) is 3.24. The van der Waals surface area contributed by atoms with Crippen molar-refractivity contribution in [2.75, 3.05) is 5.32 Å². The van der Waals surface area contributed by atoms with E-state index in [9.17, 15) is 0 Å². The molecule has 2 rings (SSSR count). The van der Waals surface area contributed by atoms with Crippen molar-refractivity contribution in [3.05, 3.63) is 39.7 Å².